The molecule has 2 aromatic heterocycles. The van der Waals surface area contributed by atoms with Gasteiger partial charge < -0.3 is 14.5 Å². The first-order valence-electron chi connectivity index (χ1n) is 28.2. The van der Waals surface area contributed by atoms with E-state index >= 15 is 0 Å². The first-order valence-corrected chi connectivity index (χ1v) is 28.2. The van der Waals surface area contributed by atoms with Gasteiger partial charge in [0.05, 0.1) is 28.1 Å². The standard InChI is InChI=1S/C73H62N4O/c1-47-34-57(35-48(2)49(47)3)73(58-37-50-36-51(39-58)40-59(73)38-50)56-32-33-74-71(43-56)77-67-27-14-13-24-65(67)66-31-30-61(45-70(66)77)78-62-42-55(52-18-7-4-8-19-52)41-60(44-62)75-46-76(69-29-16-15-28-68(69)75)72-63(53-20-9-5-10-21-53)25-17-26-64(72)54-22-11-6-12-23-54/h4-35,41-45,50-51,58-59H,36-40,46H2,1-3H3. The van der Waals surface area contributed by atoms with E-state index in [0.717, 1.165) is 68.4 Å². The van der Waals surface area contributed by atoms with Crippen LogP contribution in [-0.2, 0) is 5.41 Å². The Kier molecular flexibility index (Phi) is 11.1. The third-order valence-corrected chi connectivity index (χ3v) is 18.7. The minimum absolute atomic E-state index is 0.0504. The second-order valence-electron chi connectivity index (χ2n) is 22.9. The molecule has 9 aromatic carbocycles. The summed E-state index contributed by atoms with van der Waals surface area (Å²) in [4.78, 5) is 10.2. The van der Waals surface area contributed by atoms with E-state index in [1.807, 2.05) is 0 Å². The Balaban J connectivity index is 0.848. The van der Waals surface area contributed by atoms with Gasteiger partial charge in [0.25, 0.3) is 0 Å². The van der Waals surface area contributed by atoms with Crippen LogP contribution in [0.1, 0.15) is 59.9 Å². The van der Waals surface area contributed by atoms with Crippen LogP contribution in [0.4, 0.5) is 22.7 Å². The predicted molar refractivity (Wildman–Crippen MR) is 322 cm³/mol. The molecule has 4 bridgehead atoms. The second-order valence-corrected chi connectivity index (χ2v) is 22.9. The van der Waals surface area contributed by atoms with E-state index in [2.05, 4.69) is 260 Å². The number of para-hydroxylation sites is 4. The molecule has 0 N–H and O–H groups in total. The quantitative estimate of drug-likeness (QED) is 0.137. The number of ether oxygens (including phenoxy) is 1. The van der Waals surface area contributed by atoms with Gasteiger partial charge in [-0.1, -0.05) is 152 Å². The number of fused-ring (bicyclic) bond motifs is 4. The minimum atomic E-state index is -0.0504. The molecule has 0 saturated heterocycles. The van der Waals surface area contributed by atoms with Gasteiger partial charge in [0.2, 0.25) is 0 Å². The Morgan fingerprint density at radius 3 is 1.71 bits per heavy atom. The Bertz CT molecular complexity index is 4000. The van der Waals surface area contributed by atoms with Gasteiger partial charge in [0, 0.05) is 51.3 Å². The van der Waals surface area contributed by atoms with E-state index in [1.165, 1.54) is 98.6 Å². The van der Waals surface area contributed by atoms with Crippen molar-refractivity contribution in [2.75, 3.05) is 16.5 Å². The van der Waals surface area contributed by atoms with Crippen molar-refractivity contribution in [3.8, 4) is 50.7 Å². The molecule has 4 fully saturated rings. The van der Waals surface area contributed by atoms with Crippen molar-refractivity contribution in [1.29, 1.82) is 0 Å². The zero-order valence-corrected chi connectivity index (χ0v) is 44.6. The summed E-state index contributed by atoms with van der Waals surface area (Å²) in [6, 6.07) is 80.0. The van der Waals surface area contributed by atoms with E-state index < -0.39 is 0 Å². The van der Waals surface area contributed by atoms with Gasteiger partial charge in [-0.2, -0.15) is 0 Å². The summed E-state index contributed by atoms with van der Waals surface area (Å²) in [5.41, 5.74) is 20.8. The lowest BCUT2D eigenvalue weighted by Crippen LogP contribution is -2.56. The second kappa shape index (κ2) is 18.5. The van der Waals surface area contributed by atoms with Crippen molar-refractivity contribution in [3.63, 3.8) is 0 Å². The average Bonchev–Trinajstić information content (AvgIpc) is 4.17. The fraction of sp³-hybridized carbons (Fsp3) is 0.192. The lowest BCUT2D eigenvalue weighted by molar-refractivity contribution is -0.0419. The summed E-state index contributed by atoms with van der Waals surface area (Å²) < 4.78 is 9.60. The number of hydrogen-bond donors (Lipinski definition) is 0. The van der Waals surface area contributed by atoms with Crippen LogP contribution in [-0.4, -0.2) is 16.2 Å². The first kappa shape index (κ1) is 46.6. The van der Waals surface area contributed by atoms with Crippen molar-refractivity contribution in [2.24, 2.45) is 23.7 Å². The predicted octanol–water partition coefficient (Wildman–Crippen LogP) is 18.9. The fourth-order valence-corrected chi connectivity index (χ4v) is 15.3. The third kappa shape index (κ3) is 7.53. The van der Waals surface area contributed by atoms with E-state index in [0.29, 0.717) is 18.5 Å². The number of aryl methyl sites for hydroxylation is 2. The van der Waals surface area contributed by atoms with Crippen LogP contribution in [0.5, 0.6) is 11.5 Å². The highest BCUT2D eigenvalue weighted by Crippen LogP contribution is 2.65. The largest absolute Gasteiger partial charge is 0.457 e. The molecule has 78 heavy (non-hydrogen) atoms. The van der Waals surface area contributed by atoms with Crippen LogP contribution in [0.25, 0.3) is 61.0 Å². The molecule has 0 spiro atoms. The Labute approximate surface area is 458 Å². The van der Waals surface area contributed by atoms with Crippen molar-refractivity contribution in [2.45, 2.75) is 58.3 Å². The van der Waals surface area contributed by atoms with Crippen LogP contribution in [0.15, 0.2) is 225 Å². The van der Waals surface area contributed by atoms with Crippen molar-refractivity contribution < 1.29 is 4.74 Å². The molecule has 0 unspecified atom stereocenters. The Morgan fingerprint density at radius 1 is 0.449 bits per heavy atom. The summed E-state index contributed by atoms with van der Waals surface area (Å²) in [7, 11) is 0. The summed E-state index contributed by atoms with van der Waals surface area (Å²) >= 11 is 0. The summed E-state index contributed by atoms with van der Waals surface area (Å²) in [5.74, 6) is 5.45. The molecule has 5 nitrogen and oxygen atoms in total. The van der Waals surface area contributed by atoms with Gasteiger partial charge in [-0.15, -0.1) is 0 Å². The summed E-state index contributed by atoms with van der Waals surface area (Å²) in [6.45, 7) is 7.53. The van der Waals surface area contributed by atoms with E-state index in [4.69, 9.17) is 9.72 Å². The van der Waals surface area contributed by atoms with E-state index in [1.54, 1.807) is 0 Å². The molecular weight excluding hydrogens is 949 g/mol. The molecule has 4 aliphatic carbocycles. The van der Waals surface area contributed by atoms with E-state index in [-0.39, 0.29) is 5.41 Å². The lowest BCUT2D eigenvalue weighted by Gasteiger charge is -2.62. The van der Waals surface area contributed by atoms with Crippen LogP contribution in [0.3, 0.4) is 0 Å². The normalized spacial score (nSPS) is 20.2. The molecule has 5 aliphatic rings. The van der Waals surface area contributed by atoms with Gasteiger partial charge in [0.1, 0.15) is 24.0 Å². The molecule has 16 rings (SSSR count). The van der Waals surface area contributed by atoms with Gasteiger partial charge in [0.15, 0.2) is 0 Å². The maximum absolute atomic E-state index is 7.20. The SMILES string of the molecule is Cc1cc(C2(c3ccnc(-n4c5ccccc5c5ccc(Oc6cc(-c7ccccc7)cc(N7CN(c8c(-c9ccccc9)cccc8-c8ccccc8)c8ccccc87)c6)cc54)c3)C3CC4CC(C3)CC2C4)cc(C)c1C. The van der Waals surface area contributed by atoms with Crippen molar-refractivity contribution in [1.82, 2.24) is 9.55 Å². The molecule has 380 valence electrons. The molecule has 5 heteroatoms. The van der Waals surface area contributed by atoms with Crippen molar-refractivity contribution in [3.05, 3.63) is 252 Å². The number of anilines is 4. The molecule has 0 amide bonds. The molecule has 0 radical (unpaired) electrons. The number of pyridine rings is 1. The fourth-order valence-electron chi connectivity index (χ4n) is 15.3. The maximum atomic E-state index is 7.20. The topological polar surface area (TPSA) is 33.5 Å². The van der Waals surface area contributed by atoms with Crippen LogP contribution < -0.4 is 14.5 Å². The van der Waals surface area contributed by atoms with Gasteiger partial charge >= 0.3 is 0 Å². The van der Waals surface area contributed by atoms with Crippen molar-refractivity contribution >= 4 is 44.6 Å². The number of rotatable bonds is 10. The number of nitrogens with zero attached hydrogens (tertiary/aromatic N) is 4. The number of benzene rings is 9. The van der Waals surface area contributed by atoms with Gasteiger partial charge in [-0.3, -0.25) is 4.57 Å². The average molecular weight is 1010 g/mol. The van der Waals surface area contributed by atoms with Crippen LogP contribution in [0.2, 0.25) is 0 Å². The zero-order valence-electron chi connectivity index (χ0n) is 44.6. The Morgan fingerprint density at radius 2 is 1.04 bits per heavy atom. The smallest absolute Gasteiger partial charge is 0.137 e. The highest BCUT2D eigenvalue weighted by molar-refractivity contribution is 6.09. The van der Waals surface area contributed by atoms with E-state index in [9.17, 15) is 0 Å². The maximum Gasteiger partial charge on any atom is 0.137 e. The van der Waals surface area contributed by atoms with Gasteiger partial charge in [-0.25, -0.2) is 4.98 Å². The summed E-state index contributed by atoms with van der Waals surface area (Å²) in [5, 5.41) is 2.38. The monoisotopic (exact) mass is 1010 g/mol. The highest BCUT2D eigenvalue weighted by Gasteiger charge is 2.58. The highest BCUT2D eigenvalue weighted by atomic mass is 16.5. The molecule has 4 saturated carbocycles. The van der Waals surface area contributed by atoms with Gasteiger partial charge in [-0.05, 0) is 181 Å². The molecule has 3 heterocycles. The minimum Gasteiger partial charge on any atom is -0.457 e. The lowest BCUT2D eigenvalue weighted by atomic mass is 9.42. The first-order chi connectivity index (χ1) is 38.3. The van der Waals surface area contributed by atoms with Crippen LogP contribution in [0, 0.1) is 44.4 Å². The Hall–Kier alpha value is -8.67. The zero-order chi connectivity index (χ0) is 52.1. The summed E-state index contributed by atoms with van der Waals surface area (Å²) in [6.07, 6.45) is 8.80. The number of hydrogen-bond acceptors (Lipinski definition) is 4. The molecule has 0 atom stereocenters. The third-order valence-electron chi connectivity index (χ3n) is 18.7. The van der Waals surface area contributed by atoms with Crippen LogP contribution >= 0.6 is 0 Å². The molecule has 11 aromatic rings. The number of aromatic nitrogens is 2. The molecule has 1 aliphatic heterocycles. The molecular formula is C73H62N4O.